The lowest BCUT2D eigenvalue weighted by Crippen LogP contribution is -2.12. The molecule has 0 spiro atoms. The van der Waals surface area contributed by atoms with Crippen LogP contribution in [0.25, 0.3) is 0 Å². The van der Waals surface area contributed by atoms with Crippen LogP contribution < -0.4 is 5.32 Å². The zero-order valence-corrected chi connectivity index (χ0v) is 12.2. The molecule has 2 rings (SSSR count). The normalized spacial score (nSPS) is 12.2. The summed E-state index contributed by atoms with van der Waals surface area (Å²) in [6, 6.07) is 15.5. The van der Waals surface area contributed by atoms with Crippen molar-refractivity contribution in [3.63, 3.8) is 0 Å². The summed E-state index contributed by atoms with van der Waals surface area (Å²) >= 11 is 7.76. The van der Waals surface area contributed by atoms with Crippen molar-refractivity contribution in [2.24, 2.45) is 0 Å². The van der Waals surface area contributed by atoms with E-state index >= 15 is 0 Å². The molecule has 0 aliphatic carbocycles. The Balaban J connectivity index is 1.96. The molecule has 1 atom stereocenters. The van der Waals surface area contributed by atoms with Gasteiger partial charge in [-0.2, -0.15) is 0 Å². The van der Waals surface area contributed by atoms with Crippen LogP contribution in [-0.4, -0.2) is 17.9 Å². The van der Waals surface area contributed by atoms with Crippen LogP contribution in [0.2, 0.25) is 5.02 Å². The van der Waals surface area contributed by atoms with Crippen LogP contribution in [0.5, 0.6) is 0 Å². The number of hydrogen-bond donors (Lipinski definition) is 2. The maximum absolute atomic E-state index is 10.1. The highest BCUT2D eigenvalue weighted by molar-refractivity contribution is 7.98. The van der Waals surface area contributed by atoms with E-state index in [4.69, 9.17) is 11.6 Å². The Bertz CT molecular complexity index is 530. The lowest BCUT2D eigenvalue weighted by atomic mass is 10.1. The zero-order valence-electron chi connectivity index (χ0n) is 10.6. The molecule has 0 saturated heterocycles. The summed E-state index contributed by atoms with van der Waals surface area (Å²) in [7, 11) is 0. The number of thioether (sulfide) groups is 1. The largest absolute Gasteiger partial charge is 0.387 e. The van der Waals surface area contributed by atoms with E-state index in [1.807, 2.05) is 36.6 Å². The number of benzene rings is 2. The number of hydrogen-bond acceptors (Lipinski definition) is 3. The van der Waals surface area contributed by atoms with Gasteiger partial charge in [0.15, 0.2) is 0 Å². The third-order valence-corrected chi connectivity index (χ3v) is 3.94. The molecule has 19 heavy (non-hydrogen) atoms. The maximum Gasteiger partial charge on any atom is 0.0976 e. The second-order valence-corrected chi connectivity index (χ2v) is 5.43. The molecule has 0 saturated carbocycles. The van der Waals surface area contributed by atoms with E-state index in [1.54, 1.807) is 17.8 Å². The van der Waals surface area contributed by atoms with Gasteiger partial charge in [-0.25, -0.2) is 0 Å². The minimum absolute atomic E-state index is 0.433. The van der Waals surface area contributed by atoms with E-state index in [0.29, 0.717) is 11.6 Å². The van der Waals surface area contributed by atoms with Gasteiger partial charge in [0.05, 0.1) is 6.10 Å². The average Bonchev–Trinajstić information content (AvgIpc) is 2.46. The number of rotatable bonds is 5. The van der Waals surface area contributed by atoms with Gasteiger partial charge < -0.3 is 10.4 Å². The highest BCUT2D eigenvalue weighted by atomic mass is 35.5. The first-order valence-electron chi connectivity index (χ1n) is 6.01. The fourth-order valence-electron chi connectivity index (χ4n) is 1.78. The standard InChI is InChI=1S/C15H16ClNOS/c1-19-12-8-6-11(7-9-12)17-10-15(18)13-4-2-3-5-14(13)16/h2-9,15,17-18H,10H2,1H3. The Morgan fingerprint density at radius 3 is 2.47 bits per heavy atom. The van der Waals surface area contributed by atoms with Crippen molar-refractivity contribution in [2.75, 3.05) is 18.1 Å². The van der Waals surface area contributed by atoms with Crippen molar-refractivity contribution < 1.29 is 5.11 Å². The Kier molecular flexibility index (Phi) is 5.14. The van der Waals surface area contributed by atoms with Gasteiger partial charge in [-0.3, -0.25) is 0 Å². The average molecular weight is 294 g/mol. The summed E-state index contributed by atoms with van der Waals surface area (Å²) in [5.74, 6) is 0. The van der Waals surface area contributed by atoms with Crippen LogP contribution in [0, 0.1) is 0 Å². The summed E-state index contributed by atoms with van der Waals surface area (Å²) in [5, 5.41) is 13.9. The van der Waals surface area contributed by atoms with Gasteiger partial charge in [0.1, 0.15) is 0 Å². The SMILES string of the molecule is CSc1ccc(NCC(O)c2ccccc2Cl)cc1. The summed E-state index contributed by atoms with van der Waals surface area (Å²) < 4.78 is 0. The molecule has 4 heteroatoms. The van der Waals surface area contributed by atoms with Crippen molar-refractivity contribution >= 4 is 29.1 Å². The summed E-state index contributed by atoms with van der Waals surface area (Å²) in [6.45, 7) is 0.433. The van der Waals surface area contributed by atoms with Gasteiger partial charge in [-0.15, -0.1) is 11.8 Å². The van der Waals surface area contributed by atoms with Crippen molar-refractivity contribution in [2.45, 2.75) is 11.0 Å². The lowest BCUT2D eigenvalue weighted by Gasteiger charge is -2.14. The minimum atomic E-state index is -0.617. The molecule has 2 N–H and O–H groups in total. The first kappa shape index (κ1) is 14.3. The molecule has 0 aliphatic heterocycles. The van der Waals surface area contributed by atoms with Gasteiger partial charge in [-0.1, -0.05) is 29.8 Å². The predicted octanol–water partition coefficient (Wildman–Crippen LogP) is 4.21. The maximum atomic E-state index is 10.1. The van der Waals surface area contributed by atoms with Crippen LogP contribution in [0.15, 0.2) is 53.4 Å². The monoisotopic (exact) mass is 293 g/mol. The number of nitrogens with one attached hydrogen (secondary N) is 1. The van der Waals surface area contributed by atoms with E-state index in [9.17, 15) is 5.11 Å². The highest BCUT2D eigenvalue weighted by Crippen LogP contribution is 2.23. The van der Waals surface area contributed by atoms with Gasteiger partial charge in [0.2, 0.25) is 0 Å². The first-order chi connectivity index (χ1) is 9.20. The molecule has 0 amide bonds. The van der Waals surface area contributed by atoms with E-state index in [0.717, 1.165) is 11.3 Å². The zero-order chi connectivity index (χ0) is 13.7. The van der Waals surface area contributed by atoms with E-state index in [2.05, 4.69) is 17.4 Å². The highest BCUT2D eigenvalue weighted by Gasteiger charge is 2.10. The number of anilines is 1. The fraction of sp³-hybridized carbons (Fsp3) is 0.200. The lowest BCUT2D eigenvalue weighted by molar-refractivity contribution is 0.192. The molecule has 0 aromatic heterocycles. The molecule has 0 fully saturated rings. The molecule has 2 aromatic carbocycles. The van der Waals surface area contributed by atoms with Crippen molar-refractivity contribution in [3.05, 3.63) is 59.1 Å². The molecule has 0 aliphatic rings. The number of halogens is 1. The van der Waals surface area contributed by atoms with Gasteiger partial charge >= 0.3 is 0 Å². The van der Waals surface area contributed by atoms with Crippen molar-refractivity contribution in [1.29, 1.82) is 0 Å². The van der Waals surface area contributed by atoms with Gasteiger partial charge in [0.25, 0.3) is 0 Å². The van der Waals surface area contributed by atoms with E-state index in [-0.39, 0.29) is 0 Å². The molecule has 0 radical (unpaired) electrons. The van der Waals surface area contributed by atoms with Crippen LogP contribution in [0.4, 0.5) is 5.69 Å². The summed E-state index contributed by atoms with van der Waals surface area (Å²) in [4.78, 5) is 1.22. The molecule has 0 bridgehead atoms. The fourth-order valence-corrected chi connectivity index (χ4v) is 2.45. The second kappa shape index (κ2) is 6.85. The van der Waals surface area contributed by atoms with Gasteiger partial charge in [-0.05, 0) is 36.6 Å². The molecular formula is C15H16ClNOS. The summed E-state index contributed by atoms with van der Waals surface area (Å²) in [5.41, 5.74) is 1.74. The van der Waals surface area contributed by atoms with Gasteiger partial charge in [0, 0.05) is 27.7 Å². The molecule has 2 nitrogen and oxygen atoms in total. The smallest absolute Gasteiger partial charge is 0.0976 e. The van der Waals surface area contributed by atoms with Crippen molar-refractivity contribution in [3.8, 4) is 0 Å². The molecule has 0 heterocycles. The summed E-state index contributed by atoms with van der Waals surface area (Å²) in [6.07, 6.45) is 1.43. The van der Waals surface area contributed by atoms with Crippen LogP contribution >= 0.6 is 23.4 Å². The molecular weight excluding hydrogens is 278 g/mol. The topological polar surface area (TPSA) is 32.3 Å². The Hall–Kier alpha value is -1.16. The van der Waals surface area contributed by atoms with Crippen LogP contribution in [-0.2, 0) is 0 Å². The quantitative estimate of drug-likeness (QED) is 0.810. The molecule has 2 aromatic rings. The van der Waals surface area contributed by atoms with E-state index in [1.165, 1.54) is 4.90 Å². The third-order valence-electron chi connectivity index (χ3n) is 2.85. The Morgan fingerprint density at radius 2 is 1.84 bits per heavy atom. The second-order valence-electron chi connectivity index (χ2n) is 4.15. The third kappa shape index (κ3) is 3.90. The minimum Gasteiger partial charge on any atom is -0.387 e. The molecule has 100 valence electrons. The Morgan fingerprint density at radius 1 is 1.16 bits per heavy atom. The predicted molar refractivity (Wildman–Crippen MR) is 83.1 cm³/mol. The Labute approximate surface area is 122 Å². The molecule has 1 unspecified atom stereocenters. The van der Waals surface area contributed by atoms with E-state index < -0.39 is 6.10 Å². The van der Waals surface area contributed by atoms with Crippen molar-refractivity contribution in [1.82, 2.24) is 0 Å². The number of aliphatic hydroxyl groups is 1. The first-order valence-corrected chi connectivity index (χ1v) is 7.61. The number of aliphatic hydroxyl groups excluding tert-OH is 1. The van der Waals surface area contributed by atoms with Crippen LogP contribution in [0.3, 0.4) is 0 Å². The van der Waals surface area contributed by atoms with Crippen LogP contribution in [0.1, 0.15) is 11.7 Å².